The molecule has 7 heteroatoms. The van der Waals surface area contributed by atoms with E-state index < -0.39 is 0 Å². The van der Waals surface area contributed by atoms with Gasteiger partial charge in [0.05, 0.1) is 9.38 Å². The van der Waals surface area contributed by atoms with E-state index in [9.17, 15) is 4.79 Å². The second-order valence-electron chi connectivity index (χ2n) is 4.68. The zero-order valence-corrected chi connectivity index (χ0v) is 15.7. The van der Waals surface area contributed by atoms with Gasteiger partial charge in [-0.25, -0.2) is 0 Å². The molecule has 0 bridgehead atoms. The summed E-state index contributed by atoms with van der Waals surface area (Å²) in [7, 11) is 3.39. The van der Waals surface area contributed by atoms with Crippen molar-refractivity contribution in [3.05, 3.63) is 51.5 Å². The van der Waals surface area contributed by atoms with Crippen LogP contribution in [0.1, 0.15) is 5.76 Å². The fourth-order valence-electron chi connectivity index (χ4n) is 1.98. The Labute approximate surface area is 151 Å². The van der Waals surface area contributed by atoms with Crippen molar-refractivity contribution in [1.29, 1.82) is 0 Å². The number of amidine groups is 1. The molecule has 0 saturated carbocycles. The lowest BCUT2D eigenvalue weighted by molar-refractivity contribution is -0.121. The van der Waals surface area contributed by atoms with Crippen molar-refractivity contribution in [2.45, 2.75) is 9.99 Å². The highest BCUT2D eigenvalue weighted by Gasteiger charge is 2.30. The summed E-state index contributed by atoms with van der Waals surface area (Å²) in [4.78, 5) is 19.5. The maximum atomic E-state index is 12.2. The molecule has 1 aliphatic heterocycles. The molecule has 1 amide bonds. The van der Waals surface area contributed by atoms with Gasteiger partial charge >= 0.3 is 0 Å². The minimum Gasteiger partial charge on any atom is -0.449 e. The Morgan fingerprint density at radius 2 is 2.09 bits per heavy atom. The monoisotopic (exact) mass is 408 g/mol. The third kappa shape index (κ3) is 3.57. The maximum Gasteiger partial charge on any atom is 0.266 e. The topological polar surface area (TPSA) is 45.8 Å². The summed E-state index contributed by atoms with van der Waals surface area (Å²) in [6, 6.07) is 11.9. The molecule has 0 spiro atoms. The van der Waals surface area contributed by atoms with E-state index in [2.05, 4.69) is 20.9 Å². The van der Waals surface area contributed by atoms with Crippen LogP contribution in [-0.2, 0) is 4.79 Å². The number of likely N-dealkylation sites (N-methyl/N-ethyl adjacent to an activating group) is 1. The Hall–Kier alpha value is -1.44. The molecular weight excluding hydrogens is 396 g/mol. The predicted molar refractivity (Wildman–Crippen MR) is 98.7 cm³/mol. The first kappa shape index (κ1) is 16.4. The average molecular weight is 409 g/mol. The van der Waals surface area contributed by atoms with Crippen LogP contribution in [0, 0.1) is 0 Å². The van der Waals surface area contributed by atoms with E-state index in [0.29, 0.717) is 15.8 Å². The van der Waals surface area contributed by atoms with E-state index in [1.54, 1.807) is 20.2 Å². The second kappa shape index (κ2) is 6.98. The Kier molecular flexibility index (Phi) is 4.99. The van der Waals surface area contributed by atoms with Crippen LogP contribution in [0.4, 0.5) is 0 Å². The molecule has 118 valence electrons. The molecular formula is C16H13BrN2O2S2. The van der Waals surface area contributed by atoms with Gasteiger partial charge in [-0.05, 0) is 45.9 Å². The molecule has 0 N–H and O–H groups in total. The van der Waals surface area contributed by atoms with E-state index in [-0.39, 0.29) is 5.91 Å². The average Bonchev–Trinajstić information content (AvgIpc) is 3.03. The van der Waals surface area contributed by atoms with Gasteiger partial charge in [0, 0.05) is 25.1 Å². The summed E-state index contributed by atoms with van der Waals surface area (Å²) in [5, 5.41) is 1.45. The highest BCUT2D eigenvalue weighted by atomic mass is 79.9. The van der Waals surface area contributed by atoms with Crippen molar-refractivity contribution >= 4 is 56.6 Å². The summed E-state index contributed by atoms with van der Waals surface area (Å²) in [5.41, 5.74) is 0. The highest BCUT2D eigenvalue weighted by molar-refractivity contribution is 9.10. The molecule has 0 unspecified atom stereocenters. The van der Waals surface area contributed by atoms with Gasteiger partial charge in [0.1, 0.15) is 5.76 Å². The molecule has 1 aromatic heterocycles. The largest absolute Gasteiger partial charge is 0.449 e. The van der Waals surface area contributed by atoms with Crippen LogP contribution in [0.2, 0.25) is 0 Å². The Morgan fingerprint density at radius 1 is 1.35 bits per heavy atom. The number of aliphatic imine (C=N–C) groups is 1. The summed E-state index contributed by atoms with van der Waals surface area (Å²) in [6.45, 7) is 0. The molecule has 4 nitrogen and oxygen atoms in total. The van der Waals surface area contributed by atoms with Crippen molar-refractivity contribution in [1.82, 2.24) is 4.90 Å². The lowest BCUT2D eigenvalue weighted by atomic mass is 10.4. The van der Waals surface area contributed by atoms with Crippen LogP contribution in [0.3, 0.4) is 0 Å². The molecule has 1 aliphatic rings. The van der Waals surface area contributed by atoms with E-state index in [1.807, 2.05) is 36.4 Å². The normalized spacial score (nSPS) is 18.4. The number of furan rings is 1. The van der Waals surface area contributed by atoms with Gasteiger partial charge in [0.25, 0.3) is 5.91 Å². The molecule has 0 atom stereocenters. The predicted octanol–water partition coefficient (Wildman–Crippen LogP) is 4.73. The molecule has 2 heterocycles. The standard InChI is InChI=1S/C16H13BrN2O2S2/c1-18-16-19(2)14(20)13(23-16)9-10-8-12(17)15(21-10)22-11-6-4-3-5-7-11/h3-9H,1-2H3/b13-9+,18-16?. The molecule has 2 aromatic rings. The second-order valence-corrected chi connectivity index (χ2v) is 7.59. The van der Waals surface area contributed by atoms with Gasteiger partial charge < -0.3 is 4.42 Å². The summed E-state index contributed by atoms with van der Waals surface area (Å²) in [6.07, 6.45) is 1.75. The van der Waals surface area contributed by atoms with Gasteiger partial charge in [-0.15, -0.1) is 0 Å². The van der Waals surface area contributed by atoms with E-state index in [4.69, 9.17) is 4.42 Å². The number of nitrogens with zero attached hydrogens (tertiary/aromatic N) is 2. The Bertz CT molecular complexity index is 800. The zero-order valence-electron chi connectivity index (χ0n) is 12.4. The van der Waals surface area contributed by atoms with Crippen LogP contribution in [0.15, 0.2) is 65.2 Å². The first-order valence-corrected chi connectivity index (χ1v) is 9.17. The summed E-state index contributed by atoms with van der Waals surface area (Å²) >= 11 is 6.38. The Balaban J connectivity index is 1.84. The number of hydrogen-bond donors (Lipinski definition) is 0. The van der Waals surface area contributed by atoms with Crippen molar-refractivity contribution in [3.63, 3.8) is 0 Å². The minimum absolute atomic E-state index is 0.0691. The highest BCUT2D eigenvalue weighted by Crippen LogP contribution is 2.38. The van der Waals surface area contributed by atoms with Crippen molar-refractivity contribution in [2.75, 3.05) is 14.1 Å². The summed E-state index contributed by atoms with van der Waals surface area (Å²) < 4.78 is 6.72. The molecule has 0 aliphatic carbocycles. The van der Waals surface area contributed by atoms with Gasteiger partial charge in [0.2, 0.25) is 0 Å². The number of halogens is 1. The van der Waals surface area contributed by atoms with Crippen LogP contribution in [-0.4, -0.2) is 30.1 Å². The third-order valence-corrected chi connectivity index (χ3v) is 6.10. The molecule has 1 fully saturated rings. The van der Waals surface area contributed by atoms with Crippen LogP contribution in [0.25, 0.3) is 6.08 Å². The molecule has 3 rings (SSSR count). The minimum atomic E-state index is -0.0691. The number of carbonyl (C=O) groups is 1. The maximum absolute atomic E-state index is 12.2. The van der Waals surface area contributed by atoms with E-state index in [1.165, 1.54) is 28.4 Å². The lowest BCUT2D eigenvalue weighted by Crippen LogP contribution is -2.23. The van der Waals surface area contributed by atoms with Crippen molar-refractivity contribution in [2.24, 2.45) is 4.99 Å². The van der Waals surface area contributed by atoms with Crippen LogP contribution in [0.5, 0.6) is 0 Å². The quantitative estimate of drug-likeness (QED) is 0.688. The number of thioether (sulfide) groups is 1. The zero-order chi connectivity index (χ0) is 16.4. The van der Waals surface area contributed by atoms with Gasteiger partial charge in [-0.2, -0.15) is 0 Å². The summed E-state index contributed by atoms with van der Waals surface area (Å²) in [5.74, 6) is 0.567. The number of benzene rings is 1. The van der Waals surface area contributed by atoms with Crippen molar-refractivity contribution in [3.8, 4) is 0 Å². The van der Waals surface area contributed by atoms with Crippen LogP contribution >= 0.6 is 39.5 Å². The molecule has 23 heavy (non-hydrogen) atoms. The number of carbonyl (C=O) groups excluding carboxylic acids is 1. The first-order valence-electron chi connectivity index (χ1n) is 6.75. The number of rotatable bonds is 3. The lowest BCUT2D eigenvalue weighted by Gasteiger charge is -2.04. The number of amides is 1. The van der Waals surface area contributed by atoms with E-state index >= 15 is 0 Å². The first-order chi connectivity index (χ1) is 11.1. The Morgan fingerprint density at radius 3 is 2.74 bits per heavy atom. The molecule has 1 aromatic carbocycles. The fraction of sp³-hybridized carbons (Fsp3) is 0.125. The number of hydrogen-bond acceptors (Lipinski definition) is 5. The van der Waals surface area contributed by atoms with Crippen LogP contribution < -0.4 is 0 Å². The third-order valence-electron chi connectivity index (χ3n) is 3.10. The SMILES string of the molecule is CN=C1S/C(=C/c2cc(Br)c(Sc3ccccc3)o2)C(=O)N1C. The van der Waals surface area contributed by atoms with Gasteiger partial charge in [0.15, 0.2) is 10.3 Å². The molecule has 0 radical (unpaired) electrons. The van der Waals surface area contributed by atoms with Gasteiger partial charge in [-0.1, -0.05) is 30.0 Å². The smallest absolute Gasteiger partial charge is 0.266 e. The van der Waals surface area contributed by atoms with E-state index in [0.717, 1.165) is 14.5 Å². The van der Waals surface area contributed by atoms with Crippen molar-refractivity contribution < 1.29 is 9.21 Å². The fourth-order valence-corrected chi connectivity index (χ4v) is 4.24. The molecule has 1 saturated heterocycles. The van der Waals surface area contributed by atoms with Gasteiger partial charge in [-0.3, -0.25) is 14.7 Å².